The molecule has 1 aliphatic rings. The maximum atomic E-state index is 14.0. The highest BCUT2D eigenvalue weighted by Gasteiger charge is 2.24. The summed E-state index contributed by atoms with van der Waals surface area (Å²) in [5.41, 5.74) is 8.72. The van der Waals surface area contributed by atoms with Crippen LogP contribution in [0.4, 0.5) is 0 Å². The first-order valence-corrected chi connectivity index (χ1v) is 13.2. The van der Waals surface area contributed by atoms with Gasteiger partial charge in [-0.25, -0.2) is 9.94 Å². The lowest BCUT2D eigenvalue weighted by Gasteiger charge is -2.22. The normalized spacial score (nSPS) is 13.7. The lowest BCUT2D eigenvalue weighted by atomic mass is 9.91. The summed E-state index contributed by atoms with van der Waals surface area (Å²) in [4.78, 5) is 30.7. The van der Waals surface area contributed by atoms with Gasteiger partial charge in [-0.05, 0) is 41.5 Å². The molecule has 8 heteroatoms. The van der Waals surface area contributed by atoms with Gasteiger partial charge in [0.25, 0.3) is 5.56 Å². The number of hydrogen-bond donors (Lipinski definition) is 1. The van der Waals surface area contributed by atoms with Gasteiger partial charge in [0.2, 0.25) is 11.7 Å². The molecule has 0 saturated heterocycles. The maximum Gasteiger partial charge on any atom is 0.258 e. The Bertz CT molecular complexity index is 1610. The van der Waals surface area contributed by atoms with Crippen LogP contribution in [0.3, 0.4) is 0 Å². The van der Waals surface area contributed by atoms with Gasteiger partial charge < -0.3 is 0 Å². The van der Waals surface area contributed by atoms with Crippen LogP contribution in [0.1, 0.15) is 68.7 Å². The van der Waals surface area contributed by atoms with Crippen LogP contribution < -0.4 is 11.0 Å². The van der Waals surface area contributed by atoms with Gasteiger partial charge in [0.15, 0.2) is 0 Å². The zero-order valence-corrected chi connectivity index (χ0v) is 22.7. The zero-order chi connectivity index (χ0) is 27.0. The third-order valence-electron chi connectivity index (χ3n) is 6.67. The molecular formula is C30H34N6O2. The van der Waals surface area contributed by atoms with E-state index in [0.717, 1.165) is 46.4 Å². The largest absolute Gasteiger partial charge is 0.276 e. The average Bonchev–Trinajstić information content (AvgIpc) is 3.49. The van der Waals surface area contributed by atoms with Crippen molar-refractivity contribution >= 4 is 17.4 Å². The molecule has 0 fully saturated rings. The molecule has 5 rings (SSSR count). The van der Waals surface area contributed by atoms with E-state index >= 15 is 0 Å². The monoisotopic (exact) mass is 510 g/mol. The number of hydrazone groups is 1. The number of nitrogens with one attached hydrogen (secondary N) is 1. The molecule has 1 N–H and O–H groups in total. The highest BCUT2D eigenvalue weighted by molar-refractivity contribution is 6.16. The molecule has 1 aliphatic heterocycles. The maximum absolute atomic E-state index is 14.0. The summed E-state index contributed by atoms with van der Waals surface area (Å²) in [5.74, 6) is 1.12. The fraction of sp³-hybridized carbons (Fsp3) is 0.367. The Morgan fingerprint density at radius 2 is 1.79 bits per heavy atom. The SMILES string of the molecule is CCCc1c(Cc2ccc(-c3ccccc3)c(C3=NNC(=O)C3)c2)c(=O)n(CC(C)(C)C)c2nc(C)nn12. The van der Waals surface area contributed by atoms with Gasteiger partial charge in [-0.3, -0.25) is 14.2 Å². The number of hydrogen-bond acceptors (Lipinski definition) is 5. The van der Waals surface area contributed by atoms with E-state index in [2.05, 4.69) is 78.6 Å². The number of carbonyl (C=O) groups is 1. The summed E-state index contributed by atoms with van der Waals surface area (Å²) in [5, 5.41) is 9.00. The van der Waals surface area contributed by atoms with E-state index in [1.807, 2.05) is 29.6 Å². The van der Waals surface area contributed by atoms with E-state index < -0.39 is 0 Å². The summed E-state index contributed by atoms with van der Waals surface area (Å²) in [6, 6.07) is 16.3. The Balaban J connectivity index is 1.67. The number of amides is 1. The van der Waals surface area contributed by atoms with Crippen molar-refractivity contribution in [1.29, 1.82) is 0 Å². The fourth-order valence-electron chi connectivity index (χ4n) is 5.08. The first-order valence-electron chi connectivity index (χ1n) is 13.2. The number of carbonyl (C=O) groups excluding carboxylic acids is 1. The summed E-state index contributed by atoms with van der Waals surface area (Å²) in [7, 11) is 0. The second-order valence-electron chi connectivity index (χ2n) is 11.2. The van der Waals surface area contributed by atoms with Gasteiger partial charge in [0, 0.05) is 24.1 Å². The number of aryl methyl sites for hydroxylation is 2. The first kappa shape index (κ1) is 25.6. The van der Waals surface area contributed by atoms with Crippen molar-refractivity contribution in [1.82, 2.24) is 24.6 Å². The van der Waals surface area contributed by atoms with Gasteiger partial charge >= 0.3 is 0 Å². The number of nitrogens with zero attached hydrogens (tertiary/aromatic N) is 5. The van der Waals surface area contributed by atoms with Gasteiger partial charge in [-0.15, -0.1) is 0 Å². The van der Waals surface area contributed by atoms with Crippen LogP contribution in [0.5, 0.6) is 0 Å². The quantitative estimate of drug-likeness (QED) is 0.391. The third kappa shape index (κ3) is 5.03. The number of fused-ring (bicyclic) bond motifs is 1. The van der Waals surface area contributed by atoms with Crippen molar-refractivity contribution in [3.8, 4) is 11.1 Å². The van der Waals surface area contributed by atoms with Crippen molar-refractivity contribution in [2.45, 2.75) is 66.8 Å². The second kappa shape index (κ2) is 10.0. The number of rotatable bonds is 7. The van der Waals surface area contributed by atoms with E-state index in [9.17, 15) is 9.59 Å². The van der Waals surface area contributed by atoms with E-state index in [-0.39, 0.29) is 23.3 Å². The van der Waals surface area contributed by atoms with Crippen LogP contribution in [-0.2, 0) is 24.2 Å². The smallest absolute Gasteiger partial charge is 0.258 e. The topological polar surface area (TPSA) is 93.6 Å². The van der Waals surface area contributed by atoms with Gasteiger partial charge in [0.05, 0.1) is 17.8 Å². The standard InChI is InChI=1S/C30H34N6O2/c1-6-10-26-24(28(38)35(18-30(3,4)5)29-31-19(2)34-36(26)29)16-20-13-14-22(21-11-8-7-9-12-21)23(15-20)25-17-27(37)33-32-25/h7-9,11-15H,6,10,16-18H2,1-5H3,(H,33,37). The number of aromatic nitrogens is 4. The molecule has 3 heterocycles. The lowest BCUT2D eigenvalue weighted by Crippen LogP contribution is -2.33. The number of benzene rings is 2. The van der Waals surface area contributed by atoms with Crippen molar-refractivity contribution in [2.75, 3.05) is 0 Å². The molecule has 0 aliphatic carbocycles. The molecule has 8 nitrogen and oxygen atoms in total. The zero-order valence-electron chi connectivity index (χ0n) is 22.7. The molecule has 38 heavy (non-hydrogen) atoms. The summed E-state index contributed by atoms with van der Waals surface area (Å²) in [6.07, 6.45) is 2.28. The average molecular weight is 511 g/mol. The summed E-state index contributed by atoms with van der Waals surface area (Å²) in [6.45, 7) is 10.9. The Hall–Kier alpha value is -4.07. The van der Waals surface area contributed by atoms with Crippen LogP contribution in [0, 0.1) is 12.3 Å². The van der Waals surface area contributed by atoms with Gasteiger partial charge in [-0.1, -0.05) is 76.6 Å². The first-order chi connectivity index (χ1) is 18.1. The minimum atomic E-state index is -0.119. The predicted octanol–water partition coefficient (Wildman–Crippen LogP) is 4.68. The van der Waals surface area contributed by atoms with E-state index in [0.29, 0.717) is 30.3 Å². The molecule has 1 amide bonds. The van der Waals surface area contributed by atoms with Crippen LogP contribution in [0.2, 0.25) is 0 Å². The summed E-state index contributed by atoms with van der Waals surface area (Å²) >= 11 is 0. The Morgan fingerprint density at radius 3 is 2.45 bits per heavy atom. The minimum absolute atomic E-state index is 0.0213. The van der Waals surface area contributed by atoms with Crippen molar-refractivity contribution in [2.24, 2.45) is 10.5 Å². The van der Waals surface area contributed by atoms with E-state index in [4.69, 9.17) is 0 Å². The minimum Gasteiger partial charge on any atom is -0.276 e. The highest BCUT2D eigenvalue weighted by Crippen LogP contribution is 2.28. The van der Waals surface area contributed by atoms with Gasteiger partial charge in [-0.2, -0.15) is 15.2 Å². The molecule has 0 unspecified atom stereocenters. The fourth-order valence-corrected chi connectivity index (χ4v) is 5.08. The molecule has 0 radical (unpaired) electrons. The molecule has 2 aromatic carbocycles. The van der Waals surface area contributed by atoms with E-state index in [1.54, 1.807) is 4.57 Å². The summed E-state index contributed by atoms with van der Waals surface area (Å²) < 4.78 is 3.64. The molecule has 4 aromatic rings. The molecule has 0 bridgehead atoms. The molecule has 0 atom stereocenters. The predicted molar refractivity (Wildman–Crippen MR) is 149 cm³/mol. The highest BCUT2D eigenvalue weighted by atomic mass is 16.2. The molecule has 0 saturated carbocycles. The third-order valence-corrected chi connectivity index (χ3v) is 6.67. The Kier molecular flexibility index (Phi) is 6.73. The van der Waals surface area contributed by atoms with Crippen LogP contribution >= 0.6 is 0 Å². The van der Waals surface area contributed by atoms with Crippen LogP contribution in [-0.4, -0.2) is 30.8 Å². The molecule has 196 valence electrons. The Morgan fingerprint density at radius 1 is 1.03 bits per heavy atom. The van der Waals surface area contributed by atoms with Crippen LogP contribution in [0.25, 0.3) is 16.9 Å². The second-order valence-corrected chi connectivity index (χ2v) is 11.2. The van der Waals surface area contributed by atoms with Crippen molar-refractivity contribution < 1.29 is 4.79 Å². The van der Waals surface area contributed by atoms with Crippen LogP contribution in [0.15, 0.2) is 58.4 Å². The van der Waals surface area contributed by atoms with Crippen molar-refractivity contribution in [3.63, 3.8) is 0 Å². The van der Waals surface area contributed by atoms with Crippen molar-refractivity contribution in [3.05, 3.63) is 87.1 Å². The Labute approximate surface area is 222 Å². The lowest BCUT2D eigenvalue weighted by molar-refractivity contribution is -0.119. The molecular weight excluding hydrogens is 476 g/mol. The molecule has 2 aromatic heterocycles. The van der Waals surface area contributed by atoms with E-state index in [1.165, 1.54) is 0 Å². The van der Waals surface area contributed by atoms with Gasteiger partial charge in [0.1, 0.15) is 5.82 Å². The molecule has 0 spiro atoms.